The maximum atomic E-state index is 11.6. The lowest BCUT2D eigenvalue weighted by Gasteiger charge is -2.32. The van der Waals surface area contributed by atoms with E-state index in [-0.39, 0.29) is 6.03 Å². The molecular weight excluding hydrogens is 242 g/mol. The first kappa shape index (κ1) is 13.8. The summed E-state index contributed by atoms with van der Waals surface area (Å²) in [6.07, 6.45) is 1.65. The number of amides is 2. The van der Waals surface area contributed by atoms with Crippen molar-refractivity contribution >= 4 is 11.8 Å². The van der Waals surface area contributed by atoms with E-state index in [1.165, 1.54) is 0 Å². The third kappa shape index (κ3) is 4.84. The normalized spacial score (nSPS) is 17.1. The third-order valence-corrected chi connectivity index (χ3v) is 3.22. The summed E-state index contributed by atoms with van der Waals surface area (Å²) in [5.74, 6) is 0.569. The number of carbonyl (C=O) groups is 1. The molecule has 2 heterocycles. The first-order valence-electron chi connectivity index (χ1n) is 6.61. The number of pyridine rings is 1. The molecule has 19 heavy (non-hydrogen) atoms. The SMILES string of the molecule is CN1CCN(CCNC(=O)Nc2ccccn2)CC1. The molecule has 1 aliphatic heterocycles. The number of rotatable bonds is 4. The highest BCUT2D eigenvalue weighted by molar-refractivity contribution is 5.88. The Balaban J connectivity index is 1.62. The van der Waals surface area contributed by atoms with Gasteiger partial charge in [0.25, 0.3) is 0 Å². The Morgan fingerprint density at radius 1 is 1.32 bits per heavy atom. The third-order valence-electron chi connectivity index (χ3n) is 3.22. The highest BCUT2D eigenvalue weighted by atomic mass is 16.2. The average molecular weight is 263 g/mol. The minimum absolute atomic E-state index is 0.201. The lowest BCUT2D eigenvalue weighted by molar-refractivity contribution is 0.155. The second-order valence-electron chi connectivity index (χ2n) is 4.74. The molecule has 0 aliphatic carbocycles. The molecule has 1 aromatic heterocycles. The van der Waals surface area contributed by atoms with Crippen molar-refractivity contribution in [2.24, 2.45) is 0 Å². The largest absolute Gasteiger partial charge is 0.337 e. The van der Waals surface area contributed by atoms with Gasteiger partial charge in [0.2, 0.25) is 0 Å². The smallest absolute Gasteiger partial charge is 0.320 e. The van der Waals surface area contributed by atoms with Crippen LogP contribution in [0.3, 0.4) is 0 Å². The van der Waals surface area contributed by atoms with Crippen LogP contribution in [0.1, 0.15) is 0 Å². The van der Waals surface area contributed by atoms with Crippen LogP contribution in [-0.2, 0) is 0 Å². The van der Waals surface area contributed by atoms with Crippen molar-refractivity contribution in [3.63, 3.8) is 0 Å². The molecule has 1 fully saturated rings. The predicted molar refractivity (Wildman–Crippen MR) is 75.2 cm³/mol. The minimum Gasteiger partial charge on any atom is -0.337 e. The number of nitrogens with zero attached hydrogens (tertiary/aromatic N) is 3. The molecule has 0 radical (unpaired) electrons. The number of anilines is 1. The van der Waals surface area contributed by atoms with Gasteiger partial charge in [-0.2, -0.15) is 0 Å². The van der Waals surface area contributed by atoms with Crippen LogP contribution in [0.5, 0.6) is 0 Å². The van der Waals surface area contributed by atoms with E-state index in [1.54, 1.807) is 12.3 Å². The van der Waals surface area contributed by atoms with E-state index >= 15 is 0 Å². The summed E-state index contributed by atoms with van der Waals surface area (Å²) >= 11 is 0. The maximum absolute atomic E-state index is 11.6. The number of hydrogen-bond acceptors (Lipinski definition) is 4. The van der Waals surface area contributed by atoms with Gasteiger partial charge in [0.05, 0.1) is 0 Å². The Morgan fingerprint density at radius 3 is 2.79 bits per heavy atom. The fourth-order valence-corrected chi connectivity index (χ4v) is 2.00. The summed E-state index contributed by atoms with van der Waals surface area (Å²) in [6, 6.07) is 5.22. The summed E-state index contributed by atoms with van der Waals surface area (Å²) in [7, 11) is 2.13. The van der Waals surface area contributed by atoms with E-state index in [0.717, 1.165) is 32.7 Å². The standard InChI is InChI=1S/C13H21N5O/c1-17-8-10-18(11-9-17)7-6-15-13(19)16-12-4-2-3-5-14-12/h2-5H,6-11H2,1H3,(H2,14,15,16,19). The lowest BCUT2D eigenvalue weighted by Crippen LogP contribution is -2.47. The van der Waals surface area contributed by atoms with E-state index < -0.39 is 0 Å². The van der Waals surface area contributed by atoms with Crippen LogP contribution in [0.15, 0.2) is 24.4 Å². The highest BCUT2D eigenvalue weighted by Gasteiger charge is 2.13. The van der Waals surface area contributed by atoms with Gasteiger partial charge in [-0.1, -0.05) is 6.07 Å². The van der Waals surface area contributed by atoms with Gasteiger partial charge in [-0.05, 0) is 19.2 Å². The van der Waals surface area contributed by atoms with Crippen LogP contribution < -0.4 is 10.6 Å². The van der Waals surface area contributed by atoms with Crippen molar-refractivity contribution in [3.05, 3.63) is 24.4 Å². The van der Waals surface area contributed by atoms with Crippen molar-refractivity contribution in [1.82, 2.24) is 20.1 Å². The molecule has 0 unspecified atom stereocenters. The van der Waals surface area contributed by atoms with Gasteiger partial charge < -0.3 is 10.2 Å². The molecule has 1 aliphatic rings. The second-order valence-corrected chi connectivity index (χ2v) is 4.74. The van der Waals surface area contributed by atoms with Gasteiger partial charge >= 0.3 is 6.03 Å². The molecule has 0 aromatic carbocycles. The molecule has 6 heteroatoms. The number of piperazine rings is 1. The van der Waals surface area contributed by atoms with Crippen molar-refractivity contribution < 1.29 is 4.79 Å². The molecular formula is C13H21N5O. The molecule has 6 nitrogen and oxygen atoms in total. The fraction of sp³-hybridized carbons (Fsp3) is 0.538. The van der Waals surface area contributed by atoms with Crippen LogP contribution in [0.25, 0.3) is 0 Å². The number of nitrogens with one attached hydrogen (secondary N) is 2. The van der Waals surface area contributed by atoms with E-state index in [4.69, 9.17) is 0 Å². The molecule has 2 amide bonds. The quantitative estimate of drug-likeness (QED) is 0.828. The molecule has 2 N–H and O–H groups in total. The summed E-state index contributed by atoms with van der Waals surface area (Å²) < 4.78 is 0. The molecule has 0 saturated carbocycles. The maximum Gasteiger partial charge on any atom is 0.320 e. The Bertz CT molecular complexity index is 389. The Kier molecular flexibility index (Phi) is 5.11. The van der Waals surface area contributed by atoms with Gasteiger partial charge in [0.1, 0.15) is 5.82 Å². The summed E-state index contributed by atoms with van der Waals surface area (Å²) in [4.78, 5) is 20.3. The van der Waals surface area contributed by atoms with Crippen LogP contribution in [0, 0.1) is 0 Å². The lowest BCUT2D eigenvalue weighted by atomic mass is 10.3. The summed E-state index contributed by atoms with van der Waals surface area (Å²) in [6.45, 7) is 5.88. The van der Waals surface area contributed by atoms with E-state index in [2.05, 4.69) is 32.5 Å². The number of carbonyl (C=O) groups excluding carboxylic acids is 1. The minimum atomic E-state index is -0.201. The fourth-order valence-electron chi connectivity index (χ4n) is 2.00. The van der Waals surface area contributed by atoms with Gasteiger partial charge in [0.15, 0.2) is 0 Å². The van der Waals surface area contributed by atoms with Gasteiger partial charge in [-0.3, -0.25) is 10.2 Å². The molecule has 0 bridgehead atoms. The molecule has 1 aromatic rings. The Morgan fingerprint density at radius 2 is 2.11 bits per heavy atom. The van der Waals surface area contributed by atoms with Crippen LogP contribution >= 0.6 is 0 Å². The monoisotopic (exact) mass is 263 g/mol. The number of hydrogen-bond donors (Lipinski definition) is 2. The van der Waals surface area contributed by atoms with Crippen LogP contribution in [-0.4, -0.2) is 67.1 Å². The van der Waals surface area contributed by atoms with Crippen LogP contribution in [0.2, 0.25) is 0 Å². The Labute approximate surface area is 113 Å². The molecule has 1 saturated heterocycles. The Hall–Kier alpha value is -1.66. The molecule has 0 atom stereocenters. The van der Waals surface area contributed by atoms with Crippen molar-refractivity contribution in [1.29, 1.82) is 0 Å². The van der Waals surface area contributed by atoms with Crippen molar-refractivity contribution in [3.8, 4) is 0 Å². The molecule has 2 rings (SSSR count). The zero-order valence-electron chi connectivity index (χ0n) is 11.3. The highest BCUT2D eigenvalue weighted by Crippen LogP contribution is 1.99. The number of likely N-dealkylation sites (N-methyl/N-ethyl adjacent to an activating group) is 1. The topological polar surface area (TPSA) is 60.5 Å². The average Bonchev–Trinajstić information content (AvgIpc) is 2.42. The van der Waals surface area contributed by atoms with E-state index in [0.29, 0.717) is 12.4 Å². The van der Waals surface area contributed by atoms with E-state index in [9.17, 15) is 4.79 Å². The second kappa shape index (κ2) is 7.06. The van der Waals surface area contributed by atoms with Gasteiger partial charge in [-0.25, -0.2) is 9.78 Å². The number of aromatic nitrogens is 1. The first-order valence-corrected chi connectivity index (χ1v) is 6.61. The predicted octanol–water partition coefficient (Wildman–Crippen LogP) is 0.450. The first-order chi connectivity index (χ1) is 9.24. The molecule has 0 spiro atoms. The van der Waals surface area contributed by atoms with Crippen molar-refractivity contribution in [2.45, 2.75) is 0 Å². The zero-order chi connectivity index (χ0) is 13.5. The van der Waals surface area contributed by atoms with Crippen LogP contribution in [0.4, 0.5) is 10.6 Å². The van der Waals surface area contributed by atoms with E-state index in [1.807, 2.05) is 12.1 Å². The zero-order valence-corrected chi connectivity index (χ0v) is 11.3. The van der Waals surface area contributed by atoms with Gasteiger partial charge in [0, 0.05) is 45.5 Å². The molecule has 104 valence electrons. The van der Waals surface area contributed by atoms with Crippen molar-refractivity contribution in [2.75, 3.05) is 51.6 Å². The van der Waals surface area contributed by atoms with Gasteiger partial charge in [-0.15, -0.1) is 0 Å². The summed E-state index contributed by atoms with van der Waals surface area (Å²) in [5.41, 5.74) is 0. The summed E-state index contributed by atoms with van der Waals surface area (Å²) in [5, 5.41) is 5.54. The number of urea groups is 1.